The van der Waals surface area contributed by atoms with Crippen LogP contribution in [0.3, 0.4) is 0 Å². The van der Waals surface area contributed by atoms with Gasteiger partial charge in [0.2, 0.25) is 0 Å². The normalized spacial score (nSPS) is 13.6. The molecule has 0 aromatic heterocycles. The van der Waals surface area contributed by atoms with Crippen LogP contribution >= 0.6 is 11.9 Å². The van der Waals surface area contributed by atoms with Gasteiger partial charge in [0.25, 0.3) is 0 Å². The molecule has 0 amide bonds. The Morgan fingerprint density at radius 3 is 2.86 bits per heavy atom. The number of carboxylic acid groups (broad SMARTS) is 1. The molecule has 0 bridgehead atoms. The standard InChI is InChI=1S/C9H7NO2S.Na/c11-9(12)7-5-6-3-1-2-4-8(6)13-10-7;/h1-4H,5H2,(H,11,12);/q;+1/p-1. The molecule has 0 spiro atoms. The molecule has 0 fully saturated rings. The zero-order valence-corrected chi connectivity index (χ0v) is 10.5. The van der Waals surface area contributed by atoms with Crippen LogP contribution < -0.4 is 34.7 Å². The van der Waals surface area contributed by atoms with E-state index in [2.05, 4.69) is 4.40 Å². The first kappa shape index (κ1) is 11.8. The van der Waals surface area contributed by atoms with Crippen molar-refractivity contribution in [1.29, 1.82) is 0 Å². The van der Waals surface area contributed by atoms with E-state index in [-0.39, 0.29) is 35.3 Å². The summed E-state index contributed by atoms with van der Waals surface area (Å²) in [6, 6.07) is 7.62. The van der Waals surface area contributed by atoms with Gasteiger partial charge < -0.3 is 9.90 Å². The molecule has 0 aliphatic carbocycles. The fourth-order valence-corrected chi connectivity index (χ4v) is 1.91. The SMILES string of the molecule is O=C([O-])C1=NSc2ccccc2C1.[Na+]. The summed E-state index contributed by atoms with van der Waals surface area (Å²) in [5.74, 6) is -1.18. The molecule has 14 heavy (non-hydrogen) atoms. The second-order valence-corrected chi connectivity index (χ2v) is 3.51. The number of hydrogen-bond acceptors (Lipinski definition) is 4. The summed E-state index contributed by atoms with van der Waals surface area (Å²) in [5, 5.41) is 10.5. The van der Waals surface area contributed by atoms with Gasteiger partial charge >= 0.3 is 29.6 Å². The summed E-state index contributed by atoms with van der Waals surface area (Å²) >= 11 is 1.19. The maximum Gasteiger partial charge on any atom is 1.00 e. The third kappa shape index (κ3) is 2.39. The predicted octanol–water partition coefficient (Wildman–Crippen LogP) is -2.56. The van der Waals surface area contributed by atoms with E-state index in [1.807, 2.05) is 24.3 Å². The summed E-state index contributed by atoms with van der Waals surface area (Å²) in [4.78, 5) is 11.5. The third-order valence-electron chi connectivity index (χ3n) is 1.82. The van der Waals surface area contributed by atoms with E-state index >= 15 is 0 Å². The molecule has 0 N–H and O–H groups in total. The number of carbonyl (C=O) groups is 1. The summed E-state index contributed by atoms with van der Waals surface area (Å²) in [7, 11) is 0. The zero-order valence-electron chi connectivity index (χ0n) is 7.69. The van der Waals surface area contributed by atoms with E-state index in [9.17, 15) is 9.90 Å². The Hall–Kier alpha value is -0.290. The van der Waals surface area contributed by atoms with E-state index in [4.69, 9.17) is 0 Å². The van der Waals surface area contributed by atoms with Gasteiger partial charge in [0.15, 0.2) is 0 Å². The minimum Gasteiger partial charge on any atom is -0.543 e. The summed E-state index contributed by atoms with van der Waals surface area (Å²) in [5.41, 5.74) is 1.12. The molecule has 0 atom stereocenters. The minimum atomic E-state index is -1.18. The molecule has 3 nitrogen and oxygen atoms in total. The van der Waals surface area contributed by atoms with Crippen molar-refractivity contribution in [3.8, 4) is 0 Å². The zero-order chi connectivity index (χ0) is 9.26. The van der Waals surface area contributed by atoms with Crippen molar-refractivity contribution in [3.63, 3.8) is 0 Å². The van der Waals surface area contributed by atoms with Crippen molar-refractivity contribution in [2.75, 3.05) is 0 Å². The molecule has 66 valence electrons. The van der Waals surface area contributed by atoms with Crippen LogP contribution in [-0.2, 0) is 11.2 Å². The molecule has 1 aliphatic heterocycles. The Morgan fingerprint density at radius 2 is 2.14 bits per heavy atom. The van der Waals surface area contributed by atoms with Gasteiger partial charge in [-0.05, 0) is 11.6 Å². The molecule has 0 saturated carbocycles. The van der Waals surface area contributed by atoms with Crippen molar-refractivity contribution in [1.82, 2.24) is 0 Å². The van der Waals surface area contributed by atoms with Crippen LogP contribution in [0.2, 0.25) is 0 Å². The molecular weight excluding hydrogens is 209 g/mol. The van der Waals surface area contributed by atoms with Gasteiger partial charge in [0.1, 0.15) is 0 Å². The van der Waals surface area contributed by atoms with Crippen molar-refractivity contribution >= 4 is 23.6 Å². The van der Waals surface area contributed by atoms with Crippen molar-refractivity contribution in [2.45, 2.75) is 11.3 Å². The number of carbonyl (C=O) groups excluding carboxylic acids is 1. The number of carboxylic acids is 1. The van der Waals surface area contributed by atoms with Crippen LogP contribution in [-0.4, -0.2) is 11.7 Å². The number of rotatable bonds is 1. The number of hydrogen-bond donors (Lipinski definition) is 0. The van der Waals surface area contributed by atoms with Gasteiger partial charge in [-0.1, -0.05) is 18.2 Å². The Labute approximate surface area is 108 Å². The number of benzene rings is 1. The quantitative estimate of drug-likeness (QED) is 0.383. The third-order valence-corrected chi connectivity index (χ3v) is 2.73. The summed E-state index contributed by atoms with van der Waals surface area (Å²) in [6.45, 7) is 0. The molecule has 1 aromatic carbocycles. The van der Waals surface area contributed by atoms with Crippen LogP contribution in [0, 0.1) is 0 Å². The fourth-order valence-electron chi connectivity index (χ4n) is 1.17. The Morgan fingerprint density at radius 1 is 1.43 bits per heavy atom. The van der Waals surface area contributed by atoms with Gasteiger partial charge in [-0.3, -0.25) is 0 Å². The van der Waals surface area contributed by atoms with Gasteiger partial charge in [-0.25, -0.2) is 4.40 Å². The van der Waals surface area contributed by atoms with E-state index < -0.39 is 5.97 Å². The Balaban J connectivity index is 0.000000980. The number of nitrogens with zero attached hydrogens (tertiary/aromatic N) is 1. The second-order valence-electron chi connectivity index (χ2n) is 2.70. The van der Waals surface area contributed by atoms with Crippen LogP contribution in [0.5, 0.6) is 0 Å². The van der Waals surface area contributed by atoms with Crippen molar-refractivity contribution < 1.29 is 39.5 Å². The first-order valence-corrected chi connectivity index (χ1v) is 4.58. The van der Waals surface area contributed by atoms with Crippen LogP contribution in [0.1, 0.15) is 5.56 Å². The predicted molar refractivity (Wildman–Crippen MR) is 48.4 cm³/mol. The van der Waals surface area contributed by atoms with Crippen LogP contribution in [0.25, 0.3) is 0 Å². The van der Waals surface area contributed by atoms with Crippen molar-refractivity contribution in [3.05, 3.63) is 29.8 Å². The fraction of sp³-hybridized carbons (Fsp3) is 0.111. The second kappa shape index (κ2) is 4.98. The maximum atomic E-state index is 10.5. The van der Waals surface area contributed by atoms with Gasteiger partial charge in [0.05, 0.1) is 11.7 Å². The topological polar surface area (TPSA) is 52.5 Å². The average Bonchev–Trinajstić information content (AvgIpc) is 2.17. The molecule has 0 unspecified atom stereocenters. The minimum absolute atomic E-state index is 0. The maximum absolute atomic E-state index is 10.5. The summed E-state index contributed by atoms with van der Waals surface area (Å²) < 4.78 is 3.84. The van der Waals surface area contributed by atoms with Gasteiger partial charge in [-0.2, -0.15) is 0 Å². The molecule has 2 rings (SSSR count). The number of aliphatic carboxylic acids is 1. The van der Waals surface area contributed by atoms with E-state index in [0.717, 1.165) is 10.5 Å². The molecule has 1 aromatic rings. The molecule has 0 saturated heterocycles. The van der Waals surface area contributed by atoms with Gasteiger partial charge in [-0.15, -0.1) is 0 Å². The van der Waals surface area contributed by atoms with E-state index in [0.29, 0.717) is 6.42 Å². The Kier molecular flexibility index (Phi) is 4.19. The molecule has 1 heterocycles. The van der Waals surface area contributed by atoms with Crippen LogP contribution in [0.15, 0.2) is 33.6 Å². The largest absolute Gasteiger partial charge is 1.00 e. The van der Waals surface area contributed by atoms with E-state index in [1.54, 1.807) is 0 Å². The smallest absolute Gasteiger partial charge is 0.543 e. The number of fused-ring (bicyclic) bond motifs is 1. The van der Waals surface area contributed by atoms with E-state index in [1.165, 1.54) is 11.9 Å². The molecule has 1 aliphatic rings. The van der Waals surface area contributed by atoms with Crippen LogP contribution in [0.4, 0.5) is 0 Å². The molecule has 0 radical (unpaired) electrons. The van der Waals surface area contributed by atoms with Gasteiger partial charge in [0, 0.05) is 23.3 Å². The summed E-state index contributed by atoms with van der Waals surface area (Å²) in [6.07, 6.45) is 0.367. The molecular formula is C9H6NNaO2S. The first-order chi connectivity index (χ1) is 6.27. The first-order valence-electron chi connectivity index (χ1n) is 3.80. The monoisotopic (exact) mass is 215 g/mol. The molecule has 5 heteroatoms. The average molecular weight is 215 g/mol. The Bertz CT molecular complexity index is 392. The van der Waals surface area contributed by atoms with Crippen molar-refractivity contribution in [2.24, 2.45) is 4.40 Å².